The van der Waals surface area contributed by atoms with Gasteiger partial charge in [-0.1, -0.05) is 46.0 Å². The minimum absolute atomic E-state index is 0.189. The highest BCUT2D eigenvalue weighted by atomic mass is 16.3. The monoisotopic (exact) mass is 368 g/mol. The molecule has 4 N–H and O–H groups in total. The summed E-state index contributed by atoms with van der Waals surface area (Å²) < 4.78 is 0. The van der Waals surface area contributed by atoms with Crippen molar-refractivity contribution < 1.29 is 9.90 Å². The fourth-order valence-corrected chi connectivity index (χ4v) is 3.66. The molecule has 6 nitrogen and oxygen atoms in total. The zero-order valence-corrected chi connectivity index (χ0v) is 17.1. The van der Waals surface area contributed by atoms with E-state index in [9.17, 15) is 9.90 Å². The average Bonchev–Trinajstić information content (AvgIpc) is 2.64. The van der Waals surface area contributed by atoms with E-state index in [1.54, 1.807) is 0 Å². The summed E-state index contributed by atoms with van der Waals surface area (Å²) >= 11 is 0. The van der Waals surface area contributed by atoms with Gasteiger partial charge in [0.05, 0.1) is 12.1 Å². The first kappa shape index (κ1) is 22.7. The number of nitrogens with zero attached hydrogens (tertiary/aromatic N) is 1. The minimum atomic E-state index is -0.721. The molecule has 1 saturated carbocycles. The van der Waals surface area contributed by atoms with E-state index in [1.165, 1.54) is 19.3 Å². The third-order valence-corrected chi connectivity index (χ3v) is 5.00. The van der Waals surface area contributed by atoms with Crippen molar-refractivity contribution >= 4 is 11.9 Å². The van der Waals surface area contributed by atoms with Gasteiger partial charge >= 0.3 is 0 Å². The van der Waals surface area contributed by atoms with Crippen LogP contribution in [-0.4, -0.2) is 48.8 Å². The van der Waals surface area contributed by atoms with Crippen LogP contribution in [0.1, 0.15) is 78.6 Å². The lowest BCUT2D eigenvalue weighted by atomic mass is 9.89. The minimum Gasteiger partial charge on any atom is -0.388 e. The van der Waals surface area contributed by atoms with E-state index in [0.717, 1.165) is 45.1 Å². The molecule has 1 fully saturated rings. The lowest BCUT2D eigenvalue weighted by Gasteiger charge is -2.26. The van der Waals surface area contributed by atoms with Crippen LogP contribution in [0.4, 0.5) is 0 Å². The van der Waals surface area contributed by atoms with Crippen LogP contribution in [0.3, 0.4) is 0 Å². The van der Waals surface area contributed by atoms with Crippen LogP contribution >= 0.6 is 0 Å². The molecular formula is C20H40N4O2. The summed E-state index contributed by atoms with van der Waals surface area (Å²) in [6.07, 6.45) is 9.08. The number of nitrogens with one attached hydrogen (secondary N) is 3. The fourth-order valence-electron chi connectivity index (χ4n) is 3.66. The summed E-state index contributed by atoms with van der Waals surface area (Å²) in [7, 11) is 0. The van der Waals surface area contributed by atoms with E-state index in [-0.39, 0.29) is 11.8 Å². The topological polar surface area (TPSA) is 85.8 Å². The second-order valence-electron chi connectivity index (χ2n) is 7.47. The Balaban J connectivity index is 2.40. The number of carbonyl (C=O) groups excluding carboxylic acids is 1. The third-order valence-electron chi connectivity index (χ3n) is 5.00. The van der Waals surface area contributed by atoms with Gasteiger partial charge in [0.15, 0.2) is 5.96 Å². The Morgan fingerprint density at radius 2 is 1.62 bits per heavy atom. The number of aliphatic hydroxyl groups is 1. The predicted molar refractivity (Wildman–Crippen MR) is 108 cm³/mol. The van der Waals surface area contributed by atoms with Crippen LogP contribution < -0.4 is 16.0 Å². The van der Waals surface area contributed by atoms with Gasteiger partial charge in [-0.3, -0.25) is 9.79 Å². The highest BCUT2D eigenvalue weighted by Crippen LogP contribution is 2.23. The highest BCUT2D eigenvalue weighted by Gasteiger charge is 2.24. The average molecular weight is 369 g/mol. The molecule has 0 heterocycles. The lowest BCUT2D eigenvalue weighted by Crippen LogP contribution is -2.43. The smallest absolute Gasteiger partial charge is 0.223 e. The van der Waals surface area contributed by atoms with Crippen molar-refractivity contribution in [2.45, 2.75) is 84.2 Å². The van der Waals surface area contributed by atoms with Crippen LogP contribution in [0, 0.1) is 5.92 Å². The maximum Gasteiger partial charge on any atom is 0.223 e. The Morgan fingerprint density at radius 3 is 2.19 bits per heavy atom. The van der Waals surface area contributed by atoms with Crippen LogP contribution in [0.5, 0.6) is 0 Å². The van der Waals surface area contributed by atoms with Gasteiger partial charge < -0.3 is 21.1 Å². The van der Waals surface area contributed by atoms with Gasteiger partial charge in [-0.15, -0.1) is 0 Å². The maximum atomic E-state index is 12.2. The Morgan fingerprint density at radius 1 is 1.00 bits per heavy atom. The summed E-state index contributed by atoms with van der Waals surface area (Å²) in [4.78, 5) is 16.7. The molecule has 152 valence electrons. The molecule has 26 heavy (non-hydrogen) atoms. The first-order chi connectivity index (χ1) is 12.5. The van der Waals surface area contributed by atoms with Gasteiger partial charge in [0.2, 0.25) is 5.91 Å². The molecule has 0 saturated heterocycles. The van der Waals surface area contributed by atoms with Crippen molar-refractivity contribution in [1.82, 2.24) is 16.0 Å². The SMILES string of the molecule is CCCC(O)(CCC)CN=C(NCC)NCCNC(=O)C1CCCCC1. The second-order valence-corrected chi connectivity index (χ2v) is 7.47. The van der Waals surface area contributed by atoms with Crippen LogP contribution in [0.25, 0.3) is 0 Å². The van der Waals surface area contributed by atoms with E-state index in [0.29, 0.717) is 25.6 Å². The molecular weight excluding hydrogens is 328 g/mol. The van der Waals surface area contributed by atoms with Crippen molar-refractivity contribution in [3.63, 3.8) is 0 Å². The van der Waals surface area contributed by atoms with E-state index in [1.807, 2.05) is 6.92 Å². The Labute approximate surface area is 159 Å². The molecule has 0 aromatic carbocycles. The van der Waals surface area contributed by atoms with Crippen LogP contribution in [0.15, 0.2) is 4.99 Å². The number of hydrogen-bond donors (Lipinski definition) is 4. The summed E-state index contributed by atoms with van der Waals surface area (Å²) in [5, 5.41) is 20.2. The van der Waals surface area contributed by atoms with Crippen molar-refractivity contribution in [3.8, 4) is 0 Å². The van der Waals surface area contributed by atoms with Crippen molar-refractivity contribution in [2.75, 3.05) is 26.2 Å². The third kappa shape index (κ3) is 8.88. The van der Waals surface area contributed by atoms with Crippen molar-refractivity contribution in [1.29, 1.82) is 0 Å². The molecule has 1 aliphatic rings. The summed E-state index contributed by atoms with van der Waals surface area (Å²) in [5.74, 6) is 1.09. The van der Waals surface area contributed by atoms with Gasteiger partial charge in [-0.2, -0.15) is 0 Å². The number of amides is 1. The van der Waals surface area contributed by atoms with Gasteiger partial charge in [0.25, 0.3) is 0 Å². The van der Waals surface area contributed by atoms with E-state index < -0.39 is 5.60 Å². The molecule has 0 atom stereocenters. The Kier molecular flexibility index (Phi) is 11.3. The first-order valence-electron chi connectivity index (χ1n) is 10.6. The molecule has 0 spiro atoms. The quantitative estimate of drug-likeness (QED) is 0.256. The molecule has 1 rings (SSSR count). The molecule has 6 heteroatoms. The maximum absolute atomic E-state index is 12.2. The molecule has 0 unspecified atom stereocenters. The van der Waals surface area contributed by atoms with E-state index in [4.69, 9.17) is 0 Å². The molecule has 0 bridgehead atoms. The highest BCUT2D eigenvalue weighted by molar-refractivity contribution is 5.80. The Bertz CT molecular complexity index is 414. The second kappa shape index (κ2) is 13.0. The molecule has 0 aliphatic heterocycles. The van der Waals surface area contributed by atoms with E-state index in [2.05, 4.69) is 34.8 Å². The van der Waals surface area contributed by atoms with Crippen LogP contribution in [-0.2, 0) is 4.79 Å². The zero-order chi connectivity index (χ0) is 19.3. The number of aliphatic imine (C=N–C) groups is 1. The predicted octanol–water partition coefficient (Wildman–Crippen LogP) is 2.57. The number of rotatable bonds is 11. The number of carbonyl (C=O) groups is 1. The largest absolute Gasteiger partial charge is 0.388 e. The lowest BCUT2D eigenvalue weighted by molar-refractivity contribution is -0.125. The van der Waals surface area contributed by atoms with Crippen molar-refractivity contribution in [2.24, 2.45) is 10.9 Å². The molecule has 0 aromatic heterocycles. The fraction of sp³-hybridized carbons (Fsp3) is 0.900. The molecule has 1 amide bonds. The molecule has 0 radical (unpaired) electrons. The molecule has 0 aromatic rings. The summed E-state index contributed by atoms with van der Waals surface area (Å²) in [6, 6.07) is 0. The van der Waals surface area contributed by atoms with Crippen molar-refractivity contribution in [3.05, 3.63) is 0 Å². The summed E-state index contributed by atoms with van der Waals surface area (Å²) in [5.41, 5.74) is -0.721. The van der Waals surface area contributed by atoms with E-state index >= 15 is 0 Å². The normalized spacial score (nSPS) is 16.4. The van der Waals surface area contributed by atoms with Crippen LogP contribution in [0.2, 0.25) is 0 Å². The Hall–Kier alpha value is -1.30. The number of guanidine groups is 1. The molecule has 1 aliphatic carbocycles. The van der Waals surface area contributed by atoms with Gasteiger partial charge in [-0.25, -0.2) is 0 Å². The first-order valence-corrected chi connectivity index (χ1v) is 10.6. The zero-order valence-electron chi connectivity index (χ0n) is 17.1. The number of hydrogen-bond acceptors (Lipinski definition) is 3. The standard InChI is InChI=1S/C20H40N4O2/c1-4-12-20(26,13-5-2)16-24-19(21-6-3)23-15-14-22-18(25)17-10-8-7-9-11-17/h17,26H,4-16H2,1-3H3,(H,22,25)(H2,21,23,24). The van der Waals surface area contributed by atoms with Gasteiger partial charge in [0.1, 0.15) is 0 Å². The van der Waals surface area contributed by atoms with Gasteiger partial charge in [-0.05, 0) is 32.6 Å². The van der Waals surface area contributed by atoms with Gasteiger partial charge in [0, 0.05) is 25.6 Å². The summed E-state index contributed by atoms with van der Waals surface area (Å²) in [6.45, 7) is 8.58.